The van der Waals surface area contributed by atoms with Crippen molar-refractivity contribution in [1.82, 2.24) is 0 Å². The van der Waals surface area contributed by atoms with E-state index >= 15 is 0 Å². The topological polar surface area (TPSA) is 17.1 Å². The van der Waals surface area contributed by atoms with Crippen LogP contribution in [0.1, 0.15) is 15.2 Å². The highest BCUT2D eigenvalue weighted by Gasteiger charge is 2.13. The van der Waals surface area contributed by atoms with Gasteiger partial charge >= 0.3 is 0 Å². The quantitative estimate of drug-likeness (QED) is 0.548. The maximum atomic E-state index is 12.0. The van der Waals surface area contributed by atoms with Gasteiger partial charge in [0.25, 0.3) is 0 Å². The summed E-state index contributed by atoms with van der Waals surface area (Å²) in [5, 5.41) is 0. The van der Waals surface area contributed by atoms with Crippen LogP contribution in [0.15, 0.2) is 40.2 Å². The van der Waals surface area contributed by atoms with Crippen molar-refractivity contribution in [3.05, 3.63) is 54.2 Å². The normalized spacial score (nSPS) is 10.3. The fraction of sp³-hybridized carbons (Fsp3) is 0. The van der Waals surface area contributed by atoms with Gasteiger partial charge in [-0.05, 0) is 44.6 Å². The Morgan fingerprint density at radius 1 is 1.27 bits per heavy atom. The zero-order chi connectivity index (χ0) is 10.8. The molecule has 15 heavy (non-hydrogen) atoms. The highest BCUT2D eigenvalue weighted by atomic mass is 127. The van der Waals surface area contributed by atoms with Crippen LogP contribution < -0.4 is 0 Å². The van der Waals surface area contributed by atoms with E-state index in [1.54, 1.807) is 0 Å². The number of thiophene rings is 1. The molecule has 1 aromatic heterocycles. The molecule has 0 aliphatic heterocycles. The minimum Gasteiger partial charge on any atom is -0.288 e. The summed E-state index contributed by atoms with van der Waals surface area (Å²) in [7, 11) is 0. The van der Waals surface area contributed by atoms with Crippen LogP contribution in [-0.2, 0) is 0 Å². The average molecular weight is 393 g/mol. The molecule has 0 aliphatic rings. The second-order valence-corrected chi connectivity index (χ2v) is 6.46. The molecule has 1 nitrogen and oxygen atoms in total. The standard InChI is InChI=1S/C11H6BrIOS/c12-11-8(13)6-9(15-11)10(14)7-4-2-1-3-5-7/h1-6H. The van der Waals surface area contributed by atoms with Crippen LogP contribution in [0.4, 0.5) is 0 Å². The molecule has 0 fully saturated rings. The summed E-state index contributed by atoms with van der Waals surface area (Å²) in [6.45, 7) is 0. The summed E-state index contributed by atoms with van der Waals surface area (Å²) >= 11 is 7.10. The summed E-state index contributed by atoms with van der Waals surface area (Å²) in [5.74, 6) is 0.0872. The van der Waals surface area contributed by atoms with Gasteiger partial charge in [0.05, 0.1) is 8.66 Å². The van der Waals surface area contributed by atoms with E-state index in [4.69, 9.17) is 0 Å². The number of halogens is 2. The maximum Gasteiger partial charge on any atom is 0.203 e. The summed E-state index contributed by atoms with van der Waals surface area (Å²) in [6, 6.07) is 11.2. The summed E-state index contributed by atoms with van der Waals surface area (Å²) in [5.41, 5.74) is 0.739. The largest absolute Gasteiger partial charge is 0.288 e. The van der Waals surface area contributed by atoms with E-state index in [2.05, 4.69) is 38.5 Å². The zero-order valence-corrected chi connectivity index (χ0v) is 12.1. The lowest BCUT2D eigenvalue weighted by Crippen LogP contribution is -1.97. The van der Waals surface area contributed by atoms with Crippen molar-refractivity contribution in [3.63, 3.8) is 0 Å². The van der Waals surface area contributed by atoms with Gasteiger partial charge in [-0.15, -0.1) is 11.3 Å². The molecule has 76 valence electrons. The molecular formula is C11H6BrIOS. The van der Waals surface area contributed by atoms with Crippen molar-refractivity contribution in [2.24, 2.45) is 0 Å². The monoisotopic (exact) mass is 392 g/mol. The number of rotatable bonds is 2. The molecule has 0 aliphatic carbocycles. The molecule has 4 heteroatoms. The van der Waals surface area contributed by atoms with E-state index in [0.717, 1.165) is 17.8 Å². The minimum absolute atomic E-state index is 0.0872. The van der Waals surface area contributed by atoms with Crippen molar-refractivity contribution in [2.75, 3.05) is 0 Å². The first kappa shape index (κ1) is 11.3. The molecule has 0 radical (unpaired) electrons. The lowest BCUT2D eigenvalue weighted by Gasteiger charge is -1.95. The molecule has 0 N–H and O–H groups in total. The lowest BCUT2D eigenvalue weighted by molar-refractivity contribution is 0.104. The Kier molecular flexibility index (Phi) is 3.58. The van der Waals surface area contributed by atoms with Gasteiger partial charge in [-0.3, -0.25) is 4.79 Å². The van der Waals surface area contributed by atoms with Gasteiger partial charge in [0, 0.05) is 9.13 Å². The molecule has 2 aromatic rings. The first-order valence-electron chi connectivity index (χ1n) is 4.23. The smallest absolute Gasteiger partial charge is 0.203 e. The number of ketones is 1. The number of carbonyl (C=O) groups is 1. The molecule has 2 rings (SSSR count). The van der Waals surface area contributed by atoms with Crippen molar-refractivity contribution in [1.29, 1.82) is 0 Å². The molecule has 0 amide bonds. The van der Waals surface area contributed by atoms with Gasteiger partial charge in [0.1, 0.15) is 0 Å². The van der Waals surface area contributed by atoms with Gasteiger partial charge in [-0.25, -0.2) is 0 Å². The number of carbonyl (C=O) groups excluding carboxylic acids is 1. The Bertz CT molecular complexity index is 473. The van der Waals surface area contributed by atoms with Crippen LogP contribution in [-0.4, -0.2) is 5.78 Å². The Morgan fingerprint density at radius 2 is 1.93 bits per heavy atom. The van der Waals surface area contributed by atoms with Gasteiger partial charge in [0.15, 0.2) is 0 Å². The molecule has 0 spiro atoms. The van der Waals surface area contributed by atoms with Gasteiger partial charge in [-0.1, -0.05) is 30.3 Å². The van der Waals surface area contributed by atoms with Crippen LogP contribution in [0, 0.1) is 3.57 Å². The third-order valence-corrected chi connectivity index (χ3v) is 5.70. The Balaban J connectivity index is 2.37. The maximum absolute atomic E-state index is 12.0. The van der Waals surface area contributed by atoms with Crippen LogP contribution in [0.3, 0.4) is 0 Å². The third-order valence-electron chi connectivity index (χ3n) is 1.90. The van der Waals surface area contributed by atoms with Crippen molar-refractivity contribution >= 4 is 55.6 Å². The second kappa shape index (κ2) is 4.76. The Labute approximate surface area is 114 Å². The van der Waals surface area contributed by atoms with E-state index < -0.39 is 0 Å². The predicted octanol–water partition coefficient (Wildman–Crippen LogP) is 4.35. The van der Waals surface area contributed by atoms with E-state index in [0.29, 0.717) is 0 Å². The molecule has 0 atom stereocenters. The summed E-state index contributed by atoms with van der Waals surface area (Å²) in [6.07, 6.45) is 0. The molecule has 0 bridgehead atoms. The summed E-state index contributed by atoms with van der Waals surface area (Å²) < 4.78 is 2.10. The van der Waals surface area contributed by atoms with E-state index in [1.807, 2.05) is 36.4 Å². The van der Waals surface area contributed by atoms with Crippen molar-refractivity contribution in [2.45, 2.75) is 0 Å². The molecule has 1 heterocycles. The fourth-order valence-electron chi connectivity index (χ4n) is 1.19. The van der Waals surface area contributed by atoms with Crippen LogP contribution in [0.2, 0.25) is 0 Å². The molecule has 1 aromatic carbocycles. The number of hydrogen-bond acceptors (Lipinski definition) is 2. The fourth-order valence-corrected chi connectivity index (χ4v) is 3.42. The summed E-state index contributed by atoms with van der Waals surface area (Å²) in [4.78, 5) is 12.8. The van der Waals surface area contributed by atoms with Crippen LogP contribution in [0.5, 0.6) is 0 Å². The molecule has 0 saturated carbocycles. The van der Waals surface area contributed by atoms with Gasteiger partial charge in [-0.2, -0.15) is 0 Å². The lowest BCUT2D eigenvalue weighted by atomic mass is 10.1. The van der Waals surface area contributed by atoms with E-state index in [-0.39, 0.29) is 5.78 Å². The molecule has 0 unspecified atom stereocenters. The van der Waals surface area contributed by atoms with Crippen molar-refractivity contribution in [3.8, 4) is 0 Å². The first-order chi connectivity index (χ1) is 7.18. The SMILES string of the molecule is O=C(c1ccccc1)c1cc(I)c(Br)s1. The molecule has 0 saturated heterocycles. The number of hydrogen-bond donors (Lipinski definition) is 0. The Hall–Kier alpha value is -0.200. The zero-order valence-electron chi connectivity index (χ0n) is 7.54. The van der Waals surface area contributed by atoms with E-state index in [9.17, 15) is 4.79 Å². The third kappa shape index (κ3) is 2.49. The van der Waals surface area contributed by atoms with Crippen molar-refractivity contribution < 1.29 is 4.79 Å². The Morgan fingerprint density at radius 3 is 2.47 bits per heavy atom. The second-order valence-electron chi connectivity index (χ2n) is 2.93. The van der Waals surface area contributed by atoms with Crippen LogP contribution >= 0.6 is 49.9 Å². The molecular weight excluding hydrogens is 387 g/mol. The highest BCUT2D eigenvalue weighted by Crippen LogP contribution is 2.30. The van der Waals surface area contributed by atoms with Gasteiger partial charge in [0.2, 0.25) is 5.78 Å². The highest BCUT2D eigenvalue weighted by molar-refractivity contribution is 14.1. The van der Waals surface area contributed by atoms with Crippen LogP contribution in [0.25, 0.3) is 0 Å². The van der Waals surface area contributed by atoms with Gasteiger partial charge < -0.3 is 0 Å². The predicted molar refractivity (Wildman–Crippen MR) is 74.6 cm³/mol. The number of benzene rings is 1. The first-order valence-corrected chi connectivity index (χ1v) is 6.92. The average Bonchev–Trinajstić information content (AvgIpc) is 2.59. The minimum atomic E-state index is 0.0872. The van der Waals surface area contributed by atoms with E-state index in [1.165, 1.54) is 11.3 Å².